The highest BCUT2D eigenvalue weighted by Crippen LogP contribution is 2.36. The second kappa shape index (κ2) is 2.96. The van der Waals surface area contributed by atoms with Crippen LogP contribution in [0.1, 0.15) is 13.8 Å². The van der Waals surface area contributed by atoms with E-state index in [2.05, 4.69) is 0 Å². The third-order valence-electron chi connectivity index (χ3n) is 2.05. The molecule has 0 spiro atoms. The minimum atomic E-state index is -4.11. The fraction of sp³-hybridized carbons (Fsp3) is 0.556. The van der Waals surface area contributed by atoms with E-state index in [0.717, 1.165) is 0 Å². The molecule has 0 heterocycles. The van der Waals surface area contributed by atoms with Crippen LogP contribution in [0.4, 0.5) is 13.2 Å². The molecule has 12 heavy (non-hydrogen) atoms. The summed E-state index contributed by atoms with van der Waals surface area (Å²) < 4.78 is 36.9. The van der Waals surface area contributed by atoms with Crippen molar-refractivity contribution in [2.45, 2.75) is 20.0 Å². The van der Waals surface area contributed by atoms with Crippen LogP contribution in [0, 0.1) is 11.8 Å². The number of hydrogen-bond donors (Lipinski definition) is 0. The minimum absolute atomic E-state index is 0.436. The van der Waals surface area contributed by atoms with E-state index in [9.17, 15) is 13.2 Å². The molecule has 0 radical (unpaired) electrons. The van der Waals surface area contributed by atoms with Gasteiger partial charge in [0.2, 0.25) is 0 Å². The van der Waals surface area contributed by atoms with Gasteiger partial charge in [-0.1, -0.05) is 30.7 Å². The van der Waals surface area contributed by atoms with Crippen molar-refractivity contribution in [3.63, 3.8) is 0 Å². The van der Waals surface area contributed by atoms with Gasteiger partial charge in [-0.3, -0.25) is 0 Å². The van der Waals surface area contributed by atoms with Crippen LogP contribution in [0.25, 0.3) is 0 Å². The number of halogens is 3. The molecule has 2 unspecified atom stereocenters. The van der Waals surface area contributed by atoms with Crippen molar-refractivity contribution in [2.75, 3.05) is 0 Å². The van der Waals surface area contributed by atoms with E-state index in [4.69, 9.17) is 0 Å². The van der Waals surface area contributed by atoms with Crippen molar-refractivity contribution >= 4 is 0 Å². The van der Waals surface area contributed by atoms with Crippen LogP contribution in [0.2, 0.25) is 0 Å². The largest absolute Gasteiger partial charge is 0.395 e. The maximum absolute atomic E-state index is 12.3. The van der Waals surface area contributed by atoms with Crippen molar-refractivity contribution in [1.29, 1.82) is 0 Å². The van der Waals surface area contributed by atoms with Crippen LogP contribution in [0.3, 0.4) is 0 Å². The molecule has 0 aromatic heterocycles. The van der Waals surface area contributed by atoms with Gasteiger partial charge in [-0.15, -0.1) is 0 Å². The van der Waals surface area contributed by atoms with Crippen LogP contribution >= 0.6 is 0 Å². The first kappa shape index (κ1) is 9.36. The summed E-state index contributed by atoms with van der Waals surface area (Å²) in [6, 6.07) is 0. The van der Waals surface area contributed by atoms with E-state index in [1.165, 1.54) is 6.08 Å². The third kappa shape index (κ3) is 1.90. The number of allylic oxidation sites excluding steroid dienone is 4. The predicted molar refractivity (Wildman–Crippen MR) is 41.6 cm³/mol. The molecule has 0 aromatic rings. The first-order valence-electron chi connectivity index (χ1n) is 3.84. The minimum Gasteiger partial charge on any atom is -0.170 e. The topological polar surface area (TPSA) is 0 Å². The Morgan fingerprint density at radius 3 is 2.33 bits per heavy atom. The summed E-state index contributed by atoms with van der Waals surface area (Å²) in [4.78, 5) is 0. The summed E-state index contributed by atoms with van der Waals surface area (Å²) in [6.45, 7) is 3.26. The van der Waals surface area contributed by atoms with E-state index >= 15 is 0 Å². The molecule has 2 atom stereocenters. The van der Waals surface area contributed by atoms with Gasteiger partial charge < -0.3 is 0 Å². The molecule has 3 heteroatoms. The smallest absolute Gasteiger partial charge is 0.170 e. The van der Waals surface area contributed by atoms with Gasteiger partial charge >= 0.3 is 6.18 Å². The summed E-state index contributed by atoms with van der Waals surface area (Å²) in [5.74, 6) is -1.74. The number of hydrogen-bond acceptors (Lipinski definition) is 0. The predicted octanol–water partition coefficient (Wildman–Crippen LogP) is 3.32. The molecule has 0 amide bonds. The van der Waals surface area contributed by atoms with Gasteiger partial charge in [0.05, 0.1) is 5.92 Å². The number of rotatable bonds is 0. The lowest BCUT2D eigenvalue weighted by molar-refractivity contribution is -0.169. The zero-order valence-electron chi connectivity index (χ0n) is 7.02. The van der Waals surface area contributed by atoms with Gasteiger partial charge in [0, 0.05) is 0 Å². The highest BCUT2D eigenvalue weighted by molar-refractivity contribution is 5.24. The Labute approximate surface area is 69.8 Å². The fourth-order valence-corrected chi connectivity index (χ4v) is 1.31. The second-order valence-corrected chi connectivity index (χ2v) is 3.20. The molecule has 0 saturated carbocycles. The Balaban J connectivity index is 2.85. The first-order valence-corrected chi connectivity index (χ1v) is 3.84. The molecule has 68 valence electrons. The van der Waals surface area contributed by atoms with E-state index in [1.807, 2.05) is 0 Å². The number of alkyl halides is 3. The lowest BCUT2D eigenvalue weighted by Gasteiger charge is -2.24. The molecule has 1 aliphatic carbocycles. The summed E-state index contributed by atoms with van der Waals surface area (Å²) in [6.07, 6.45) is 0.510. The van der Waals surface area contributed by atoms with E-state index in [0.29, 0.717) is 5.57 Å². The van der Waals surface area contributed by atoms with Gasteiger partial charge in [-0.25, -0.2) is 0 Å². The molecule has 0 aliphatic heterocycles. The molecular weight excluding hydrogens is 165 g/mol. The Morgan fingerprint density at radius 2 is 1.92 bits per heavy atom. The zero-order valence-corrected chi connectivity index (χ0v) is 7.02. The van der Waals surface area contributed by atoms with Crippen molar-refractivity contribution in [3.05, 3.63) is 23.8 Å². The lowest BCUT2D eigenvalue weighted by Crippen LogP contribution is -2.27. The molecule has 0 aromatic carbocycles. The molecule has 0 fully saturated rings. The van der Waals surface area contributed by atoms with Gasteiger partial charge in [0.15, 0.2) is 0 Å². The van der Waals surface area contributed by atoms with Gasteiger partial charge in [-0.2, -0.15) is 13.2 Å². The molecule has 0 saturated heterocycles. The van der Waals surface area contributed by atoms with Crippen LogP contribution < -0.4 is 0 Å². The Kier molecular flexibility index (Phi) is 2.31. The van der Waals surface area contributed by atoms with Crippen LogP contribution in [-0.4, -0.2) is 6.18 Å². The molecule has 0 nitrogen and oxygen atoms in total. The Hall–Kier alpha value is -0.730. The monoisotopic (exact) mass is 176 g/mol. The molecule has 1 rings (SSSR count). The third-order valence-corrected chi connectivity index (χ3v) is 2.05. The molecular formula is C9H11F3. The summed E-state index contributed by atoms with van der Waals surface area (Å²) in [7, 11) is 0. The standard InChI is InChI=1S/C9H11F3/c1-6-3-4-7(2)8(5-6)9(10,11)12/h3-5,7-8H,1-2H3. The highest BCUT2D eigenvalue weighted by Gasteiger charge is 2.41. The second-order valence-electron chi connectivity index (χ2n) is 3.20. The average Bonchev–Trinajstić information content (AvgIpc) is 1.92. The van der Waals surface area contributed by atoms with E-state index in [1.54, 1.807) is 26.0 Å². The molecule has 1 aliphatic rings. The quantitative estimate of drug-likeness (QED) is 0.531. The average molecular weight is 176 g/mol. The molecule has 0 bridgehead atoms. The van der Waals surface area contributed by atoms with E-state index in [-0.39, 0.29) is 0 Å². The molecule has 0 N–H and O–H groups in total. The summed E-state index contributed by atoms with van der Waals surface area (Å²) in [5, 5.41) is 0. The van der Waals surface area contributed by atoms with Crippen LogP contribution in [-0.2, 0) is 0 Å². The van der Waals surface area contributed by atoms with Gasteiger partial charge in [0.25, 0.3) is 0 Å². The SMILES string of the molecule is CC1=CC(C(F)(F)F)C(C)C=C1. The lowest BCUT2D eigenvalue weighted by atomic mass is 9.87. The maximum Gasteiger partial charge on any atom is 0.395 e. The van der Waals surface area contributed by atoms with Crippen LogP contribution in [0.15, 0.2) is 23.8 Å². The van der Waals surface area contributed by atoms with Crippen molar-refractivity contribution in [2.24, 2.45) is 11.8 Å². The van der Waals surface area contributed by atoms with Crippen molar-refractivity contribution < 1.29 is 13.2 Å². The normalized spacial score (nSPS) is 30.2. The summed E-state index contributed by atoms with van der Waals surface area (Å²) >= 11 is 0. The van der Waals surface area contributed by atoms with Gasteiger partial charge in [-0.05, 0) is 12.8 Å². The summed E-state index contributed by atoms with van der Waals surface area (Å²) in [5.41, 5.74) is 0.690. The van der Waals surface area contributed by atoms with E-state index < -0.39 is 18.0 Å². The Morgan fingerprint density at radius 1 is 1.33 bits per heavy atom. The highest BCUT2D eigenvalue weighted by atomic mass is 19.4. The maximum atomic E-state index is 12.3. The van der Waals surface area contributed by atoms with Crippen molar-refractivity contribution in [1.82, 2.24) is 0 Å². The zero-order chi connectivity index (χ0) is 9.35. The van der Waals surface area contributed by atoms with Crippen LogP contribution in [0.5, 0.6) is 0 Å². The Bertz CT molecular complexity index is 222. The van der Waals surface area contributed by atoms with Gasteiger partial charge in [0.1, 0.15) is 0 Å². The first-order chi connectivity index (χ1) is 5.41. The fourth-order valence-electron chi connectivity index (χ4n) is 1.31. The van der Waals surface area contributed by atoms with Crippen molar-refractivity contribution in [3.8, 4) is 0 Å².